The number of nitrogens with one attached hydrogen (secondary N) is 1. The second-order valence-corrected chi connectivity index (χ2v) is 6.93. The molecule has 4 heterocycles. The molecule has 3 aromatic rings. The Morgan fingerprint density at radius 3 is 2.69 bits per heavy atom. The number of anilines is 1. The van der Waals surface area contributed by atoms with Gasteiger partial charge in [0, 0.05) is 31.0 Å². The first-order valence-electron chi connectivity index (χ1n) is 9.52. The van der Waals surface area contributed by atoms with Gasteiger partial charge in [0.15, 0.2) is 11.6 Å². The Morgan fingerprint density at radius 1 is 1.17 bits per heavy atom. The summed E-state index contributed by atoms with van der Waals surface area (Å²) in [6.45, 7) is 6.95. The van der Waals surface area contributed by atoms with Gasteiger partial charge in [-0.15, -0.1) is 0 Å². The van der Waals surface area contributed by atoms with Crippen LogP contribution in [0, 0.1) is 13.8 Å². The zero-order valence-electron chi connectivity index (χ0n) is 16.5. The van der Waals surface area contributed by atoms with E-state index in [1.165, 1.54) is 0 Å². The lowest BCUT2D eigenvalue weighted by Crippen LogP contribution is -2.41. The Balaban J connectivity index is 1.64. The van der Waals surface area contributed by atoms with Crippen LogP contribution < -0.4 is 5.32 Å². The number of hydrogen-bond acceptors (Lipinski definition) is 7. The lowest BCUT2D eigenvalue weighted by Gasteiger charge is -2.25. The quantitative estimate of drug-likeness (QED) is 0.703. The molecule has 1 saturated heterocycles. The van der Waals surface area contributed by atoms with Crippen molar-refractivity contribution in [2.45, 2.75) is 13.8 Å². The van der Waals surface area contributed by atoms with Crippen LogP contribution in [0.5, 0.6) is 0 Å². The standard InChI is InChI=1S/C20H23N7O2/c1-14-11-15(2)27(25-14)18-12-17(22-19(28)13-26-7-9-29-10-8-26)23-20(24-18)16-5-3-4-6-21-16/h3-6,11-12H,7-10,13H2,1-2H3,(H,22,23,24,28). The molecule has 1 aliphatic heterocycles. The van der Waals surface area contributed by atoms with Gasteiger partial charge in [-0.2, -0.15) is 5.10 Å². The molecule has 150 valence electrons. The van der Waals surface area contributed by atoms with E-state index in [1.54, 1.807) is 16.9 Å². The summed E-state index contributed by atoms with van der Waals surface area (Å²) in [5, 5.41) is 7.39. The summed E-state index contributed by atoms with van der Waals surface area (Å²) < 4.78 is 7.07. The summed E-state index contributed by atoms with van der Waals surface area (Å²) >= 11 is 0. The third kappa shape index (κ3) is 4.64. The van der Waals surface area contributed by atoms with E-state index in [4.69, 9.17) is 4.74 Å². The summed E-state index contributed by atoms with van der Waals surface area (Å²) in [5.74, 6) is 1.30. The highest BCUT2D eigenvalue weighted by molar-refractivity contribution is 5.91. The zero-order chi connectivity index (χ0) is 20.2. The molecular weight excluding hydrogens is 370 g/mol. The molecule has 1 fully saturated rings. The molecule has 3 aromatic heterocycles. The van der Waals surface area contributed by atoms with E-state index in [9.17, 15) is 4.79 Å². The van der Waals surface area contributed by atoms with Gasteiger partial charge in [-0.1, -0.05) is 6.07 Å². The number of ether oxygens (including phenoxy) is 1. The van der Waals surface area contributed by atoms with E-state index in [-0.39, 0.29) is 5.91 Å². The molecular formula is C20H23N7O2. The van der Waals surface area contributed by atoms with Gasteiger partial charge in [0.05, 0.1) is 25.5 Å². The van der Waals surface area contributed by atoms with Gasteiger partial charge in [-0.05, 0) is 32.0 Å². The number of morpholine rings is 1. The minimum absolute atomic E-state index is 0.128. The number of aromatic nitrogens is 5. The van der Waals surface area contributed by atoms with Crippen molar-refractivity contribution in [1.29, 1.82) is 0 Å². The van der Waals surface area contributed by atoms with Gasteiger partial charge in [0.1, 0.15) is 11.5 Å². The molecule has 9 heteroatoms. The smallest absolute Gasteiger partial charge is 0.239 e. The lowest BCUT2D eigenvalue weighted by atomic mass is 10.3. The second-order valence-electron chi connectivity index (χ2n) is 6.93. The predicted molar refractivity (Wildman–Crippen MR) is 108 cm³/mol. The SMILES string of the molecule is Cc1cc(C)n(-c2cc(NC(=O)CN3CCOCC3)nc(-c3ccccn3)n2)n1. The van der Waals surface area contributed by atoms with Crippen molar-refractivity contribution in [3.63, 3.8) is 0 Å². The molecule has 1 N–H and O–H groups in total. The molecule has 0 spiro atoms. The maximum atomic E-state index is 12.6. The molecule has 4 rings (SSSR count). The van der Waals surface area contributed by atoms with Gasteiger partial charge in [0.25, 0.3) is 0 Å². The van der Waals surface area contributed by atoms with Gasteiger partial charge < -0.3 is 10.1 Å². The third-order valence-electron chi connectivity index (χ3n) is 4.57. The normalized spacial score (nSPS) is 14.7. The van der Waals surface area contributed by atoms with Gasteiger partial charge in [0.2, 0.25) is 5.91 Å². The number of carbonyl (C=O) groups excluding carboxylic acids is 1. The van der Waals surface area contributed by atoms with Crippen LogP contribution in [0.25, 0.3) is 17.3 Å². The largest absolute Gasteiger partial charge is 0.379 e. The molecule has 1 aliphatic rings. The summed E-state index contributed by atoms with van der Waals surface area (Å²) in [7, 11) is 0. The molecule has 0 bridgehead atoms. The minimum Gasteiger partial charge on any atom is -0.379 e. The average Bonchev–Trinajstić information content (AvgIpc) is 3.07. The number of aryl methyl sites for hydroxylation is 2. The first-order chi connectivity index (χ1) is 14.1. The summed E-state index contributed by atoms with van der Waals surface area (Å²) in [6, 6.07) is 9.24. The Kier molecular flexibility index (Phi) is 5.59. The van der Waals surface area contributed by atoms with E-state index >= 15 is 0 Å². The molecule has 29 heavy (non-hydrogen) atoms. The predicted octanol–water partition coefficient (Wildman–Crippen LogP) is 1.61. The van der Waals surface area contributed by atoms with Gasteiger partial charge >= 0.3 is 0 Å². The highest BCUT2D eigenvalue weighted by Crippen LogP contribution is 2.19. The molecule has 0 unspecified atom stereocenters. The van der Waals surface area contributed by atoms with Crippen LogP contribution in [0.3, 0.4) is 0 Å². The number of nitrogens with zero attached hydrogens (tertiary/aromatic N) is 6. The number of amides is 1. The zero-order valence-corrected chi connectivity index (χ0v) is 16.5. The molecule has 0 aromatic carbocycles. The van der Waals surface area contributed by atoms with E-state index in [2.05, 4.69) is 30.3 Å². The fourth-order valence-electron chi connectivity index (χ4n) is 3.22. The fourth-order valence-corrected chi connectivity index (χ4v) is 3.22. The molecule has 0 aliphatic carbocycles. The fraction of sp³-hybridized carbons (Fsp3) is 0.350. The Morgan fingerprint density at radius 2 is 2.00 bits per heavy atom. The second kappa shape index (κ2) is 8.46. The van der Waals surface area contributed by atoms with Crippen LogP contribution >= 0.6 is 0 Å². The third-order valence-corrected chi connectivity index (χ3v) is 4.57. The van der Waals surface area contributed by atoms with Crippen LogP contribution in [0.15, 0.2) is 36.5 Å². The number of pyridine rings is 1. The van der Waals surface area contributed by atoms with E-state index in [1.807, 2.05) is 38.1 Å². The molecule has 9 nitrogen and oxygen atoms in total. The van der Waals surface area contributed by atoms with Crippen molar-refractivity contribution < 1.29 is 9.53 Å². The van der Waals surface area contributed by atoms with E-state index in [0.29, 0.717) is 42.9 Å². The Hall–Kier alpha value is -3.17. The molecule has 1 amide bonds. The first-order valence-corrected chi connectivity index (χ1v) is 9.52. The van der Waals surface area contributed by atoms with Gasteiger partial charge in [-0.3, -0.25) is 14.7 Å². The topological polar surface area (TPSA) is 98.1 Å². The number of hydrogen-bond donors (Lipinski definition) is 1. The van der Waals surface area contributed by atoms with Crippen molar-refractivity contribution in [3.05, 3.63) is 47.9 Å². The lowest BCUT2D eigenvalue weighted by molar-refractivity contribution is -0.118. The van der Waals surface area contributed by atoms with Crippen molar-refractivity contribution in [2.75, 3.05) is 38.2 Å². The summed E-state index contributed by atoms with van der Waals surface area (Å²) in [6.07, 6.45) is 1.69. The van der Waals surface area contributed by atoms with Crippen molar-refractivity contribution in [3.8, 4) is 17.3 Å². The first kappa shape index (κ1) is 19.2. The maximum absolute atomic E-state index is 12.6. The van der Waals surface area contributed by atoms with Crippen LogP contribution in [-0.2, 0) is 9.53 Å². The maximum Gasteiger partial charge on any atom is 0.239 e. The van der Waals surface area contributed by atoms with Crippen LogP contribution in [-0.4, -0.2) is 68.4 Å². The van der Waals surface area contributed by atoms with Crippen molar-refractivity contribution in [2.24, 2.45) is 0 Å². The molecule has 0 saturated carbocycles. The number of carbonyl (C=O) groups is 1. The Bertz CT molecular complexity index is 997. The van der Waals surface area contributed by atoms with Gasteiger partial charge in [-0.25, -0.2) is 14.6 Å². The van der Waals surface area contributed by atoms with Crippen LogP contribution in [0.2, 0.25) is 0 Å². The Labute approximate surface area is 168 Å². The molecule has 0 atom stereocenters. The number of rotatable bonds is 5. The van der Waals surface area contributed by atoms with E-state index in [0.717, 1.165) is 24.5 Å². The minimum atomic E-state index is -0.128. The van der Waals surface area contributed by atoms with Crippen LogP contribution in [0.4, 0.5) is 5.82 Å². The van der Waals surface area contributed by atoms with Crippen LogP contribution in [0.1, 0.15) is 11.4 Å². The summed E-state index contributed by atoms with van der Waals surface area (Å²) in [4.78, 5) is 28.1. The monoisotopic (exact) mass is 393 g/mol. The van der Waals surface area contributed by atoms with E-state index < -0.39 is 0 Å². The highest BCUT2D eigenvalue weighted by Gasteiger charge is 2.17. The highest BCUT2D eigenvalue weighted by atomic mass is 16.5. The summed E-state index contributed by atoms with van der Waals surface area (Å²) in [5.41, 5.74) is 2.46. The molecule has 0 radical (unpaired) electrons. The average molecular weight is 393 g/mol. The van der Waals surface area contributed by atoms with Crippen molar-refractivity contribution >= 4 is 11.7 Å². The van der Waals surface area contributed by atoms with Crippen molar-refractivity contribution in [1.82, 2.24) is 29.6 Å².